The van der Waals surface area contributed by atoms with Gasteiger partial charge in [0.15, 0.2) is 11.3 Å². The molecule has 0 saturated carbocycles. The van der Waals surface area contributed by atoms with Gasteiger partial charge in [0.05, 0.1) is 24.8 Å². The van der Waals surface area contributed by atoms with Crippen molar-refractivity contribution in [3.8, 4) is 28.7 Å². The second-order valence-corrected chi connectivity index (χ2v) is 10.0. The maximum Gasteiger partial charge on any atom is 0.325 e. The third-order valence-corrected chi connectivity index (χ3v) is 7.21. The minimum atomic E-state index is -0.958. The lowest BCUT2D eigenvalue weighted by atomic mass is 9.97. The molecule has 0 unspecified atom stereocenters. The average molecular weight is 593 g/mol. The van der Waals surface area contributed by atoms with Crippen LogP contribution < -0.4 is 14.8 Å². The monoisotopic (exact) mass is 592 g/mol. The summed E-state index contributed by atoms with van der Waals surface area (Å²) < 4.78 is 22.8. The Balaban J connectivity index is 1.46. The number of carbonyl (C=O) groups is 1. The second-order valence-electron chi connectivity index (χ2n) is 10.0. The van der Waals surface area contributed by atoms with E-state index in [1.165, 1.54) is 0 Å². The van der Waals surface area contributed by atoms with E-state index in [0.717, 1.165) is 27.8 Å². The third-order valence-electron chi connectivity index (χ3n) is 7.21. The van der Waals surface area contributed by atoms with Gasteiger partial charge in [-0.25, -0.2) is 4.63 Å². The lowest BCUT2D eigenvalue weighted by Crippen LogP contribution is -2.40. The van der Waals surface area contributed by atoms with Crippen LogP contribution in [-0.2, 0) is 29.3 Å². The van der Waals surface area contributed by atoms with Crippen LogP contribution in [0.1, 0.15) is 34.7 Å². The molecule has 0 aliphatic carbocycles. The molecule has 5 aromatic rings. The summed E-state index contributed by atoms with van der Waals surface area (Å²) in [7, 11) is 0. The van der Waals surface area contributed by atoms with Gasteiger partial charge in [-0.3, -0.25) is 10.1 Å². The number of rotatable bonds is 13. The molecule has 0 saturated heterocycles. The van der Waals surface area contributed by atoms with Gasteiger partial charge < -0.3 is 19.3 Å². The normalized spacial score (nSPS) is 11.6. The first-order valence-electron chi connectivity index (χ1n) is 14.2. The number of nitriles is 1. The fourth-order valence-corrected chi connectivity index (χ4v) is 4.86. The highest BCUT2D eigenvalue weighted by molar-refractivity contribution is 5.86. The van der Waals surface area contributed by atoms with Crippen LogP contribution in [0, 0.1) is 18.3 Å². The van der Waals surface area contributed by atoms with Gasteiger partial charge in [0.25, 0.3) is 0 Å². The van der Waals surface area contributed by atoms with Gasteiger partial charge in [-0.15, -0.1) is 0 Å². The molecule has 4 aromatic carbocycles. The summed E-state index contributed by atoms with van der Waals surface area (Å²) in [6.45, 7) is 3.98. The Bertz CT molecular complexity index is 1780. The van der Waals surface area contributed by atoms with E-state index >= 15 is 0 Å². The number of ether oxygens (including phenoxy) is 3. The summed E-state index contributed by atoms with van der Waals surface area (Å²) in [6, 6.07) is 26.3. The summed E-state index contributed by atoms with van der Waals surface area (Å²) in [6.07, 6.45) is 0. The molecule has 10 heteroatoms. The molecule has 5 rings (SSSR count). The van der Waals surface area contributed by atoms with Gasteiger partial charge in [0.2, 0.25) is 0 Å². The predicted octanol–water partition coefficient (Wildman–Crippen LogP) is 5.24. The number of fused-ring (bicyclic) bond motifs is 1. The van der Waals surface area contributed by atoms with Crippen molar-refractivity contribution in [2.24, 2.45) is 0 Å². The Morgan fingerprint density at radius 2 is 1.75 bits per heavy atom. The van der Waals surface area contributed by atoms with Gasteiger partial charge in [-0.1, -0.05) is 60.7 Å². The Kier molecular flexibility index (Phi) is 9.81. The van der Waals surface area contributed by atoms with Gasteiger partial charge >= 0.3 is 5.97 Å². The molecule has 0 radical (unpaired) electrons. The van der Waals surface area contributed by atoms with Crippen LogP contribution >= 0.6 is 0 Å². The van der Waals surface area contributed by atoms with Crippen LogP contribution in [0.2, 0.25) is 0 Å². The molecule has 1 heterocycles. The van der Waals surface area contributed by atoms with Crippen LogP contribution in [-0.4, -0.2) is 40.6 Å². The number of nitrogens with zero attached hydrogens (tertiary/aromatic N) is 3. The fraction of sp³-hybridized carbons (Fsp3) is 0.235. The van der Waals surface area contributed by atoms with Gasteiger partial charge in [-0.05, 0) is 64.1 Å². The summed E-state index contributed by atoms with van der Waals surface area (Å²) in [5, 5.41) is 30.3. The molecule has 0 bridgehead atoms. The molecular formula is C34H32N4O6. The number of carbonyl (C=O) groups excluding carboxylic acids is 1. The second kappa shape index (κ2) is 14.3. The molecular weight excluding hydrogens is 560 g/mol. The van der Waals surface area contributed by atoms with E-state index in [2.05, 4.69) is 46.8 Å². The molecule has 0 amide bonds. The average Bonchev–Trinajstić information content (AvgIpc) is 3.55. The minimum Gasteiger partial charge on any atom is -0.488 e. The molecule has 44 heavy (non-hydrogen) atoms. The highest BCUT2D eigenvalue weighted by Gasteiger charge is 2.23. The summed E-state index contributed by atoms with van der Waals surface area (Å²) >= 11 is 0. The molecule has 1 aromatic heterocycles. The number of hydrogen-bond acceptors (Lipinski definition) is 10. The maximum absolute atomic E-state index is 12.3. The third kappa shape index (κ3) is 6.86. The van der Waals surface area contributed by atoms with Crippen LogP contribution in [0.5, 0.6) is 11.5 Å². The highest BCUT2D eigenvalue weighted by Crippen LogP contribution is 2.36. The van der Waals surface area contributed by atoms with Crippen molar-refractivity contribution in [1.29, 1.82) is 5.26 Å². The van der Waals surface area contributed by atoms with E-state index in [4.69, 9.17) is 18.8 Å². The number of aromatic nitrogens is 2. The summed E-state index contributed by atoms with van der Waals surface area (Å²) in [4.78, 5) is 12.3. The molecule has 0 spiro atoms. The van der Waals surface area contributed by atoms with Crippen LogP contribution in [0.15, 0.2) is 83.5 Å². The largest absolute Gasteiger partial charge is 0.488 e. The molecule has 0 aliphatic rings. The lowest BCUT2D eigenvalue weighted by Gasteiger charge is -2.18. The van der Waals surface area contributed by atoms with Crippen LogP contribution in [0.3, 0.4) is 0 Å². The molecule has 224 valence electrons. The van der Waals surface area contributed by atoms with Crippen molar-refractivity contribution in [3.63, 3.8) is 0 Å². The number of nitrogens with one attached hydrogen (secondary N) is 1. The van der Waals surface area contributed by atoms with E-state index in [1.54, 1.807) is 31.2 Å². The van der Waals surface area contributed by atoms with Crippen LogP contribution in [0.25, 0.3) is 22.2 Å². The smallest absolute Gasteiger partial charge is 0.325 e. The number of aliphatic hydroxyl groups is 1. The zero-order valence-electron chi connectivity index (χ0n) is 24.4. The summed E-state index contributed by atoms with van der Waals surface area (Å²) in [5.74, 6) is 0.237. The van der Waals surface area contributed by atoms with Crippen molar-refractivity contribution in [2.75, 3.05) is 13.2 Å². The minimum absolute atomic E-state index is 0.0842. The van der Waals surface area contributed by atoms with Gasteiger partial charge in [0, 0.05) is 18.2 Å². The molecule has 0 aliphatic heterocycles. The number of hydrogen-bond donors (Lipinski definition) is 2. The van der Waals surface area contributed by atoms with Crippen molar-refractivity contribution in [1.82, 2.24) is 15.6 Å². The van der Waals surface area contributed by atoms with Crippen molar-refractivity contribution < 1.29 is 28.7 Å². The van der Waals surface area contributed by atoms with Gasteiger partial charge in [-0.2, -0.15) is 5.26 Å². The first kappa shape index (κ1) is 30.2. The van der Waals surface area contributed by atoms with E-state index in [-0.39, 0.29) is 26.4 Å². The van der Waals surface area contributed by atoms with Crippen molar-refractivity contribution >= 4 is 17.0 Å². The lowest BCUT2D eigenvalue weighted by molar-refractivity contribution is -0.146. The number of esters is 1. The van der Waals surface area contributed by atoms with Crippen LogP contribution in [0.4, 0.5) is 0 Å². The molecule has 0 fully saturated rings. The SMILES string of the molecule is CCOC(=O)[C@@H](CO)NCc1c(OCc2cccc(C#N)c2)cc(OCc2cccc(-c3ccccc3)c2C)c2nonc12. The first-order chi connectivity index (χ1) is 21.5. The zero-order valence-corrected chi connectivity index (χ0v) is 24.4. The molecule has 10 nitrogen and oxygen atoms in total. The standard InChI is InChI=1S/C34H32N4O6/c1-3-41-34(40)29(19-39)36-18-28-30(42-20-24-10-7-9-23(15-24)17-35)16-31(33-32(28)37-44-38-33)43-21-26-13-8-14-27(22(26)2)25-11-5-4-6-12-25/h4-16,29,36,39H,3,18-21H2,1-2H3/t29-/m1/s1. The highest BCUT2D eigenvalue weighted by atomic mass is 16.6. The van der Waals surface area contributed by atoms with Gasteiger partial charge in [0.1, 0.15) is 30.5 Å². The van der Waals surface area contributed by atoms with E-state index in [9.17, 15) is 15.2 Å². The molecule has 1 atom stereocenters. The molecule has 2 N–H and O–H groups in total. The Morgan fingerprint density at radius 1 is 0.977 bits per heavy atom. The predicted molar refractivity (Wildman–Crippen MR) is 163 cm³/mol. The number of benzene rings is 4. The zero-order chi connectivity index (χ0) is 30.9. The van der Waals surface area contributed by atoms with Crippen molar-refractivity contribution in [3.05, 3.63) is 107 Å². The van der Waals surface area contributed by atoms with E-state index in [0.29, 0.717) is 33.7 Å². The first-order valence-corrected chi connectivity index (χ1v) is 14.2. The Labute approximate surface area is 254 Å². The summed E-state index contributed by atoms with van der Waals surface area (Å²) in [5.41, 5.74) is 6.94. The Hall–Kier alpha value is -5.24. The maximum atomic E-state index is 12.3. The van der Waals surface area contributed by atoms with E-state index < -0.39 is 18.6 Å². The van der Waals surface area contributed by atoms with E-state index in [1.807, 2.05) is 36.4 Å². The fourth-order valence-electron chi connectivity index (χ4n) is 4.86. The topological polar surface area (TPSA) is 140 Å². The Morgan fingerprint density at radius 3 is 2.52 bits per heavy atom. The van der Waals surface area contributed by atoms with Crippen molar-refractivity contribution in [2.45, 2.75) is 39.6 Å². The number of aliphatic hydroxyl groups excluding tert-OH is 1. The quantitative estimate of drug-likeness (QED) is 0.174.